The molecule has 0 radical (unpaired) electrons. The summed E-state index contributed by atoms with van der Waals surface area (Å²) in [5.74, 6) is -1.04. The van der Waals surface area contributed by atoms with Gasteiger partial charge < -0.3 is 0 Å². The van der Waals surface area contributed by atoms with Crippen LogP contribution in [0.15, 0.2) is 12.4 Å². The zero-order chi connectivity index (χ0) is 19.4. The summed E-state index contributed by atoms with van der Waals surface area (Å²) in [5.41, 5.74) is -0.478. The van der Waals surface area contributed by atoms with E-state index in [4.69, 9.17) is 0 Å². The number of rotatable bonds is 3. The van der Waals surface area contributed by atoms with Gasteiger partial charge in [0.2, 0.25) is 0 Å². The van der Waals surface area contributed by atoms with Crippen molar-refractivity contribution in [3.05, 3.63) is 18.0 Å². The summed E-state index contributed by atoms with van der Waals surface area (Å²) in [7, 11) is -3.03. The highest BCUT2D eigenvalue weighted by atomic mass is 32.2. The molecule has 2 aliphatic heterocycles. The minimum atomic E-state index is -4.16. The van der Waals surface area contributed by atoms with Crippen molar-refractivity contribution in [1.82, 2.24) is 14.7 Å². The van der Waals surface area contributed by atoms with Crippen molar-refractivity contribution < 1.29 is 21.6 Å². The quantitative estimate of drug-likeness (QED) is 0.793. The molecule has 0 amide bonds. The van der Waals surface area contributed by atoms with E-state index < -0.39 is 32.9 Å². The Balaban J connectivity index is 1.67. The van der Waals surface area contributed by atoms with Gasteiger partial charge in [-0.15, -0.1) is 0 Å². The smallest absolute Gasteiger partial charge is 0.298 e. The van der Waals surface area contributed by atoms with Gasteiger partial charge in [0.05, 0.1) is 29.2 Å². The van der Waals surface area contributed by atoms with Crippen molar-refractivity contribution in [2.75, 3.05) is 24.6 Å². The van der Waals surface area contributed by atoms with Crippen LogP contribution in [0.4, 0.5) is 13.2 Å². The molecule has 148 valence electrons. The molecule has 2 aliphatic rings. The van der Waals surface area contributed by atoms with Gasteiger partial charge in [-0.3, -0.25) is 9.58 Å². The molecule has 2 saturated heterocycles. The predicted octanol–water partition coefficient (Wildman–Crippen LogP) is 2.83. The van der Waals surface area contributed by atoms with E-state index in [0.717, 1.165) is 5.56 Å². The van der Waals surface area contributed by atoms with Crippen molar-refractivity contribution in [3.8, 4) is 0 Å². The molecule has 3 rings (SSSR count). The van der Waals surface area contributed by atoms with E-state index in [9.17, 15) is 21.6 Å². The number of aromatic nitrogens is 2. The zero-order valence-electron chi connectivity index (χ0n) is 15.4. The minimum Gasteiger partial charge on any atom is -0.298 e. The Morgan fingerprint density at radius 1 is 1.31 bits per heavy atom. The first kappa shape index (κ1) is 19.7. The molecule has 2 atom stereocenters. The third-order valence-corrected chi connectivity index (χ3v) is 7.67. The van der Waals surface area contributed by atoms with Gasteiger partial charge in [0.1, 0.15) is 0 Å². The van der Waals surface area contributed by atoms with Crippen LogP contribution in [0, 0.1) is 11.3 Å². The van der Waals surface area contributed by atoms with Gasteiger partial charge >= 0.3 is 6.18 Å². The van der Waals surface area contributed by atoms with Crippen molar-refractivity contribution >= 4 is 9.84 Å². The third kappa shape index (κ3) is 3.93. The summed E-state index contributed by atoms with van der Waals surface area (Å²) in [6.45, 7) is 6.51. The molecule has 2 unspecified atom stereocenters. The van der Waals surface area contributed by atoms with Crippen LogP contribution in [0.3, 0.4) is 0 Å². The zero-order valence-corrected chi connectivity index (χ0v) is 16.2. The Kier molecular flexibility index (Phi) is 4.71. The second-order valence-corrected chi connectivity index (χ2v) is 10.9. The van der Waals surface area contributed by atoms with Crippen LogP contribution < -0.4 is 0 Å². The number of likely N-dealkylation sites (tertiary alicyclic amines) is 1. The summed E-state index contributed by atoms with van der Waals surface area (Å²) in [5, 5.41) is 4.34. The normalized spacial score (nSPS) is 32.0. The first-order valence-electron chi connectivity index (χ1n) is 8.84. The molecule has 2 fully saturated rings. The fraction of sp³-hybridized carbons (Fsp3) is 0.824. The fourth-order valence-electron chi connectivity index (χ4n) is 4.38. The number of piperidine rings is 1. The summed E-state index contributed by atoms with van der Waals surface area (Å²) < 4.78 is 64.9. The van der Waals surface area contributed by atoms with Crippen molar-refractivity contribution in [1.29, 1.82) is 0 Å². The lowest BCUT2D eigenvalue weighted by Crippen LogP contribution is -2.50. The fourth-order valence-corrected chi connectivity index (χ4v) is 6.50. The number of alkyl halides is 3. The highest BCUT2D eigenvalue weighted by molar-refractivity contribution is 7.91. The maximum absolute atomic E-state index is 13.2. The van der Waals surface area contributed by atoms with Crippen LogP contribution >= 0.6 is 0 Å². The van der Waals surface area contributed by atoms with Gasteiger partial charge in [0, 0.05) is 24.8 Å². The highest BCUT2D eigenvalue weighted by Gasteiger charge is 2.51. The van der Waals surface area contributed by atoms with Gasteiger partial charge in [-0.2, -0.15) is 18.3 Å². The van der Waals surface area contributed by atoms with Crippen LogP contribution in [-0.2, 0) is 21.9 Å². The van der Waals surface area contributed by atoms with E-state index in [0.29, 0.717) is 26.1 Å². The lowest BCUT2D eigenvalue weighted by Gasteiger charge is -2.44. The van der Waals surface area contributed by atoms with Crippen LogP contribution in [-0.4, -0.2) is 53.9 Å². The molecule has 0 aromatic carbocycles. The molecule has 1 aromatic rings. The van der Waals surface area contributed by atoms with Crippen LogP contribution in [0.2, 0.25) is 0 Å². The molecule has 0 N–H and O–H groups in total. The maximum atomic E-state index is 13.2. The third-order valence-electron chi connectivity index (χ3n) is 5.78. The molecule has 5 nitrogen and oxygen atoms in total. The van der Waals surface area contributed by atoms with Gasteiger partial charge in [0.15, 0.2) is 9.84 Å². The molecular weight excluding hydrogens is 367 g/mol. The Morgan fingerprint density at radius 3 is 2.54 bits per heavy atom. The molecule has 0 aliphatic carbocycles. The molecule has 1 aromatic heterocycles. The lowest BCUT2D eigenvalue weighted by molar-refractivity contribution is -0.217. The molecule has 0 spiro atoms. The number of halogens is 3. The van der Waals surface area contributed by atoms with Gasteiger partial charge in [0.25, 0.3) is 0 Å². The Labute approximate surface area is 152 Å². The summed E-state index contributed by atoms with van der Waals surface area (Å²) in [6, 6.07) is 0. The first-order valence-corrected chi connectivity index (χ1v) is 10.7. The van der Waals surface area contributed by atoms with E-state index in [2.05, 4.69) is 5.10 Å². The second-order valence-electron chi connectivity index (χ2n) is 8.71. The van der Waals surface area contributed by atoms with Gasteiger partial charge in [-0.1, -0.05) is 13.8 Å². The van der Waals surface area contributed by atoms with Crippen molar-refractivity contribution in [2.45, 2.75) is 51.9 Å². The van der Waals surface area contributed by atoms with Gasteiger partial charge in [-0.05, 0) is 31.7 Å². The van der Waals surface area contributed by atoms with E-state index in [1.807, 2.05) is 18.0 Å². The average Bonchev–Trinajstić information content (AvgIpc) is 3.02. The number of hydrogen-bond acceptors (Lipinski definition) is 4. The van der Waals surface area contributed by atoms with Crippen LogP contribution in [0.5, 0.6) is 0 Å². The van der Waals surface area contributed by atoms with E-state index in [1.165, 1.54) is 0 Å². The molecule has 0 saturated carbocycles. The SMILES string of the molecule is CC1(C)CN(Cc2cnn(C3(C)CCS(=O)(=O)C3)c2)CCC1C(F)(F)F. The van der Waals surface area contributed by atoms with E-state index in [-0.39, 0.29) is 17.9 Å². The van der Waals surface area contributed by atoms with Gasteiger partial charge in [-0.25, -0.2) is 8.42 Å². The topological polar surface area (TPSA) is 55.2 Å². The van der Waals surface area contributed by atoms with Crippen molar-refractivity contribution in [2.24, 2.45) is 11.3 Å². The lowest BCUT2D eigenvalue weighted by atomic mass is 9.73. The number of sulfone groups is 1. The molecule has 0 bridgehead atoms. The predicted molar refractivity (Wildman–Crippen MR) is 92.4 cm³/mol. The minimum absolute atomic E-state index is 0.0745. The standard InChI is InChI=1S/C17H26F3N3O2S/c1-15(2)11-22(6-4-14(15)17(18,19)20)9-13-8-21-23(10-13)16(3)5-7-26(24,25)12-16/h8,10,14H,4-7,9,11-12H2,1-3H3. The number of hydrogen-bond donors (Lipinski definition) is 0. The largest absolute Gasteiger partial charge is 0.392 e. The Morgan fingerprint density at radius 2 is 2.00 bits per heavy atom. The molecular formula is C17H26F3N3O2S. The number of nitrogens with zero attached hydrogens (tertiary/aromatic N) is 3. The Bertz CT molecular complexity index is 772. The molecule has 9 heteroatoms. The van der Waals surface area contributed by atoms with E-state index in [1.54, 1.807) is 24.7 Å². The first-order chi connectivity index (χ1) is 11.8. The highest BCUT2D eigenvalue weighted by Crippen LogP contribution is 2.45. The average molecular weight is 393 g/mol. The molecule has 3 heterocycles. The Hall–Kier alpha value is -1.09. The second kappa shape index (κ2) is 6.22. The van der Waals surface area contributed by atoms with Crippen molar-refractivity contribution in [3.63, 3.8) is 0 Å². The molecule has 26 heavy (non-hydrogen) atoms. The summed E-state index contributed by atoms with van der Waals surface area (Å²) in [6.07, 6.45) is -0.00713. The summed E-state index contributed by atoms with van der Waals surface area (Å²) in [4.78, 5) is 2.03. The van der Waals surface area contributed by atoms with Crippen LogP contribution in [0.25, 0.3) is 0 Å². The maximum Gasteiger partial charge on any atom is 0.392 e. The monoisotopic (exact) mass is 393 g/mol. The van der Waals surface area contributed by atoms with Crippen LogP contribution in [0.1, 0.15) is 39.2 Å². The van der Waals surface area contributed by atoms with E-state index >= 15 is 0 Å². The summed E-state index contributed by atoms with van der Waals surface area (Å²) >= 11 is 0.